The summed E-state index contributed by atoms with van der Waals surface area (Å²) < 4.78 is 19.2. The Bertz CT molecular complexity index is 498. The van der Waals surface area contributed by atoms with E-state index in [4.69, 9.17) is 10.5 Å². The number of rotatable bonds is 4. The van der Waals surface area contributed by atoms with E-state index in [1.54, 1.807) is 6.07 Å². The van der Waals surface area contributed by atoms with Gasteiger partial charge in [-0.3, -0.25) is 0 Å². The van der Waals surface area contributed by atoms with Gasteiger partial charge in [0, 0.05) is 22.5 Å². The standard InChI is InChI=1S/C11H10BrFN2OS/c12-7-1-8(13)3-10(2-7)16-5-9-6-17-11(4-14)15-9/h1-3,6H,4-5,14H2. The van der Waals surface area contributed by atoms with Crippen LogP contribution in [-0.4, -0.2) is 4.98 Å². The minimum absolute atomic E-state index is 0.312. The van der Waals surface area contributed by atoms with Crippen molar-refractivity contribution in [3.05, 3.63) is 44.6 Å². The maximum absolute atomic E-state index is 13.1. The number of benzene rings is 1. The highest BCUT2D eigenvalue weighted by Crippen LogP contribution is 2.21. The van der Waals surface area contributed by atoms with Gasteiger partial charge in [-0.1, -0.05) is 15.9 Å². The molecule has 2 N–H and O–H groups in total. The molecule has 0 bridgehead atoms. The summed E-state index contributed by atoms with van der Waals surface area (Å²) >= 11 is 4.70. The fourth-order valence-electron chi connectivity index (χ4n) is 1.28. The molecule has 0 radical (unpaired) electrons. The maximum atomic E-state index is 13.1. The molecule has 0 aliphatic heterocycles. The maximum Gasteiger partial charge on any atom is 0.131 e. The zero-order valence-electron chi connectivity index (χ0n) is 8.82. The van der Waals surface area contributed by atoms with Gasteiger partial charge < -0.3 is 10.5 Å². The largest absolute Gasteiger partial charge is 0.487 e. The van der Waals surface area contributed by atoms with Gasteiger partial charge in [-0.25, -0.2) is 9.37 Å². The van der Waals surface area contributed by atoms with Crippen LogP contribution < -0.4 is 10.5 Å². The van der Waals surface area contributed by atoms with Crippen molar-refractivity contribution in [2.45, 2.75) is 13.2 Å². The van der Waals surface area contributed by atoms with Crippen molar-refractivity contribution in [2.24, 2.45) is 5.73 Å². The molecule has 0 atom stereocenters. The average molecular weight is 317 g/mol. The fraction of sp³-hybridized carbons (Fsp3) is 0.182. The summed E-state index contributed by atoms with van der Waals surface area (Å²) in [6.07, 6.45) is 0. The summed E-state index contributed by atoms with van der Waals surface area (Å²) in [7, 11) is 0. The van der Waals surface area contributed by atoms with Crippen LogP contribution in [0.3, 0.4) is 0 Å². The van der Waals surface area contributed by atoms with Crippen molar-refractivity contribution < 1.29 is 9.13 Å². The van der Waals surface area contributed by atoms with Gasteiger partial charge in [-0.15, -0.1) is 11.3 Å². The van der Waals surface area contributed by atoms with Crippen LogP contribution in [0.5, 0.6) is 5.75 Å². The molecule has 0 saturated heterocycles. The van der Waals surface area contributed by atoms with E-state index in [-0.39, 0.29) is 5.82 Å². The van der Waals surface area contributed by atoms with Gasteiger partial charge >= 0.3 is 0 Å². The average Bonchev–Trinajstić information content (AvgIpc) is 2.73. The van der Waals surface area contributed by atoms with Gasteiger partial charge in [0.05, 0.1) is 5.69 Å². The van der Waals surface area contributed by atoms with Crippen molar-refractivity contribution in [3.8, 4) is 5.75 Å². The molecule has 0 fully saturated rings. The van der Waals surface area contributed by atoms with Gasteiger partial charge in [0.2, 0.25) is 0 Å². The molecule has 0 spiro atoms. The number of ether oxygens (including phenoxy) is 1. The molecule has 0 aliphatic carbocycles. The molecule has 1 heterocycles. The summed E-state index contributed by atoms with van der Waals surface area (Å²) in [5.74, 6) is 0.134. The molecule has 1 aromatic heterocycles. The number of aromatic nitrogens is 1. The predicted molar refractivity (Wildman–Crippen MR) is 68.4 cm³/mol. The van der Waals surface area contributed by atoms with E-state index in [2.05, 4.69) is 20.9 Å². The van der Waals surface area contributed by atoms with Crippen molar-refractivity contribution in [1.82, 2.24) is 4.98 Å². The lowest BCUT2D eigenvalue weighted by molar-refractivity contribution is 0.300. The molecular weight excluding hydrogens is 307 g/mol. The Labute approximate surface area is 111 Å². The first kappa shape index (κ1) is 12.5. The highest BCUT2D eigenvalue weighted by Gasteiger charge is 2.03. The predicted octanol–water partition coefficient (Wildman–Crippen LogP) is 3.08. The van der Waals surface area contributed by atoms with Crippen molar-refractivity contribution >= 4 is 27.3 Å². The van der Waals surface area contributed by atoms with Crippen molar-refractivity contribution in [1.29, 1.82) is 0 Å². The molecule has 17 heavy (non-hydrogen) atoms. The summed E-state index contributed by atoms with van der Waals surface area (Å²) in [4.78, 5) is 4.25. The van der Waals surface area contributed by atoms with Crippen LogP contribution >= 0.6 is 27.3 Å². The van der Waals surface area contributed by atoms with Gasteiger partial charge in [0.15, 0.2) is 0 Å². The first-order valence-electron chi connectivity index (χ1n) is 4.89. The second-order valence-electron chi connectivity index (χ2n) is 3.33. The van der Waals surface area contributed by atoms with Gasteiger partial charge in [0.25, 0.3) is 0 Å². The van der Waals surface area contributed by atoms with Crippen LogP contribution in [0.1, 0.15) is 10.7 Å². The van der Waals surface area contributed by atoms with Crippen molar-refractivity contribution in [2.75, 3.05) is 0 Å². The first-order valence-corrected chi connectivity index (χ1v) is 6.57. The number of hydrogen-bond acceptors (Lipinski definition) is 4. The Morgan fingerprint density at radius 1 is 1.41 bits per heavy atom. The van der Waals surface area contributed by atoms with E-state index >= 15 is 0 Å². The minimum Gasteiger partial charge on any atom is -0.487 e. The second kappa shape index (κ2) is 5.57. The van der Waals surface area contributed by atoms with Crippen molar-refractivity contribution in [3.63, 3.8) is 0 Å². The third-order valence-corrected chi connectivity index (χ3v) is 3.37. The van der Waals surface area contributed by atoms with Gasteiger partial charge in [0.1, 0.15) is 23.2 Å². The van der Waals surface area contributed by atoms with Gasteiger partial charge in [-0.2, -0.15) is 0 Å². The monoisotopic (exact) mass is 316 g/mol. The number of nitrogens with zero attached hydrogens (tertiary/aromatic N) is 1. The lowest BCUT2D eigenvalue weighted by Crippen LogP contribution is -1.99. The van der Waals surface area contributed by atoms with Crippen LogP contribution in [0, 0.1) is 5.82 Å². The van der Waals surface area contributed by atoms with Crippen LogP contribution in [0.4, 0.5) is 4.39 Å². The van der Waals surface area contributed by atoms with Crippen LogP contribution in [0.2, 0.25) is 0 Å². The van der Waals surface area contributed by atoms with E-state index in [0.717, 1.165) is 10.7 Å². The third kappa shape index (κ3) is 3.49. The highest BCUT2D eigenvalue weighted by atomic mass is 79.9. The fourth-order valence-corrected chi connectivity index (χ4v) is 2.38. The van der Waals surface area contributed by atoms with E-state index in [9.17, 15) is 4.39 Å². The number of thiazole rings is 1. The zero-order chi connectivity index (χ0) is 12.3. The Balaban J connectivity index is 2.01. The summed E-state index contributed by atoms with van der Waals surface area (Å²) in [5, 5.41) is 2.75. The Kier molecular flexibility index (Phi) is 4.09. The topological polar surface area (TPSA) is 48.1 Å². The molecule has 1 aromatic carbocycles. The lowest BCUT2D eigenvalue weighted by atomic mass is 10.3. The molecule has 2 aromatic rings. The third-order valence-electron chi connectivity index (χ3n) is 2.00. The first-order chi connectivity index (χ1) is 8.17. The second-order valence-corrected chi connectivity index (χ2v) is 5.19. The lowest BCUT2D eigenvalue weighted by Gasteiger charge is -2.04. The molecule has 0 aliphatic rings. The van der Waals surface area contributed by atoms with Gasteiger partial charge in [-0.05, 0) is 12.1 Å². The highest BCUT2D eigenvalue weighted by molar-refractivity contribution is 9.10. The Morgan fingerprint density at radius 2 is 2.24 bits per heavy atom. The summed E-state index contributed by atoms with van der Waals surface area (Å²) in [5.41, 5.74) is 6.26. The van der Waals surface area contributed by atoms with Crippen LogP contribution in [0.15, 0.2) is 28.1 Å². The SMILES string of the molecule is NCc1nc(COc2cc(F)cc(Br)c2)cs1. The Morgan fingerprint density at radius 3 is 2.88 bits per heavy atom. The smallest absolute Gasteiger partial charge is 0.131 e. The zero-order valence-corrected chi connectivity index (χ0v) is 11.2. The van der Waals surface area contributed by atoms with Crippen LogP contribution in [0.25, 0.3) is 0 Å². The molecule has 3 nitrogen and oxygen atoms in total. The Hall–Kier alpha value is -0.980. The van der Waals surface area contributed by atoms with Crippen LogP contribution in [-0.2, 0) is 13.2 Å². The molecule has 2 rings (SSSR count). The van der Waals surface area contributed by atoms with E-state index in [1.807, 2.05) is 5.38 Å². The molecule has 0 unspecified atom stereocenters. The molecule has 6 heteroatoms. The normalized spacial score (nSPS) is 10.5. The number of hydrogen-bond donors (Lipinski definition) is 1. The quantitative estimate of drug-likeness (QED) is 0.943. The molecule has 0 amide bonds. The minimum atomic E-state index is -0.338. The summed E-state index contributed by atoms with van der Waals surface area (Å²) in [6.45, 7) is 0.739. The molecule has 0 saturated carbocycles. The molecular formula is C11H10BrFN2OS. The molecule has 90 valence electrons. The number of nitrogens with two attached hydrogens (primary N) is 1. The van der Waals surface area contributed by atoms with E-state index in [0.29, 0.717) is 23.4 Å². The van der Waals surface area contributed by atoms with E-state index < -0.39 is 0 Å². The summed E-state index contributed by atoms with van der Waals surface area (Å²) in [6, 6.07) is 4.42. The van der Waals surface area contributed by atoms with E-state index in [1.165, 1.54) is 23.5 Å². The number of halogens is 2.